The minimum Gasteiger partial charge on any atom is -0.376 e. The van der Waals surface area contributed by atoms with E-state index < -0.39 is 10.0 Å². The molecule has 1 atom stereocenters. The zero-order chi connectivity index (χ0) is 23.3. The quantitative estimate of drug-likeness (QED) is 0.471. The molecule has 0 aliphatic carbocycles. The van der Waals surface area contributed by atoms with Crippen molar-refractivity contribution in [1.82, 2.24) is 5.32 Å². The van der Waals surface area contributed by atoms with Crippen LogP contribution in [0.25, 0.3) is 0 Å². The van der Waals surface area contributed by atoms with Crippen LogP contribution in [0.15, 0.2) is 47.4 Å². The molecule has 0 aromatic heterocycles. The number of benzene rings is 2. The highest BCUT2D eigenvalue weighted by atomic mass is 35.5. The van der Waals surface area contributed by atoms with Gasteiger partial charge in [-0.1, -0.05) is 11.6 Å². The number of thiocarbonyl (C=S) groups is 1. The number of anilines is 3. The summed E-state index contributed by atoms with van der Waals surface area (Å²) in [6.07, 6.45) is 5.48. The first kappa shape index (κ1) is 24.1. The Bertz CT molecular complexity index is 1070. The molecule has 2 aliphatic heterocycles. The molecule has 0 amide bonds. The average Bonchev–Trinajstić information content (AvgIpc) is 3.33. The van der Waals surface area contributed by atoms with E-state index in [4.69, 9.17) is 28.6 Å². The molecule has 3 N–H and O–H groups in total. The van der Waals surface area contributed by atoms with Gasteiger partial charge in [0.15, 0.2) is 5.11 Å². The molecule has 33 heavy (non-hydrogen) atoms. The van der Waals surface area contributed by atoms with Crippen molar-refractivity contribution in [2.45, 2.75) is 43.1 Å². The summed E-state index contributed by atoms with van der Waals surface area (Å²) in [6, 6.07) is 12.0. The minimum atomic E-state index is -3.85. The van der Waals surface area contributed by atoms with Crippen molar-refractivity contribution >= 4 is 56.0 Å². The number of nitrogens with zero attached hydrogens (tertiary/aromatic N) is 1. The van der Waals surface area contributed by atoms with E-state index in [9.17, 15) is 8.42 Å². The summed E-state index contributed by atoms with van der Waals surface area (Å²) >= 11 is 11.4. The van der Waals surface area contributed by atoms with Gasteiger partial charge in [-0.25, -0.2) is 8.42 Å². The van der Waals surface area contributed by atoms with E-state index >= 15 is 0 Å². The van der Waals surface area contributed by atoms with Gasteiger partial charge >= 0.3 is 0 Å². The smallest absolute Gasteiger partial charge is 0.264 e. The lowest BCUT2D eigenvalue weighted by atomic mass is 10.1. The van der Waals surface area contributed by atoms with Crippen LogP contribution in [0.1, 0.15) is 32.1 Å². The summed E-state index contributed by atoms with van der Waals surface area (Å²) in [5, 5.41) is 7.26. The van der Waals surface area contributed by atoms with E-state index in [0.717, 1.165) is 51.8 Å². The Labute approximate surface area is 205 Å². The molecule has 0 spiro atoms. The van der Waals surface area contributed by atoms with Gasteiger partial charge in [0.1, 0.15) is 4.90 Å². The maximum atomic E-state index is 13.4. The Balaban J connectivity index is 1.56. The molecule has 10 heteroatoms. The third kappa shape index (κ3) is 6.50. The van der Waals surface area contributed by atoms with Crippen molar-refractivity contribution in [1.29, 1.82) is 0 Å². The van der Waals surface area contributed by atoms with Gasteiger partial charge in [-0.3, -0.25) is 4.72 Å². The first-order valence-corrected chi connectivity index (χ1v) is 13.5. The molecule has 0 unspecified atom stereocenters. The van der Waals surface area contributed by atoms with Gasteiger partial charge in [0.25, 0.3) is 10.0 Å². The van der Waals surface area contributed by atoms with Crippen LogP contribution in [0.4, 0.5) is 17.1 Å². The van der Waals surface area contributed by atoms with Crippen molar-refractivity contribution in [2.75, 3.05) is 41.2 Å². The molecule has 2 heterocycles. The fraction of sp³-hybridized carbons (Fsp3) is 0.435. The molecular formula is C23H29ClN4O3S2. The predicted molar refractivity (Wildman–Crippen MR) is 138 cm³/mol. The Kier molecular flexibility index (Phi) is 7.95. The highest BCUT2D eigenvalue weighted by Crippen LogP contribution is 2.32. The third-order valence-corrected chi connectivity index (χ3v) is 7.72. The molecular weight excluding hydrogens is 480 g/mol. The molecule has 2 aromatic carbocycles. The molecule has 2 aromatic rings. The lowest BCUT2D eigenvalue weighted by Gasteiger charge is -2.30. The van der Waals surface area contributed by atoms with Crippen LogP contribution in [0, 0.1) is 0 Å². The topological polar surface area (TPSA) is 82.7 Å². The first-order chi connectivity index (χ1) is 15.9. The lowest BCUT2D eigenvalue weighted by molar-refractivity contribution is 0.114. The summed E-state index contributed by atoms with van der Waals surface area (Å²) in [7, 11) is -3.85. The SMILES string of the molecule is O=S(=O)(Nc1ccc(Cl)cc1)c1cc(NC(=S)NC[C@@H]2CCCO2)ccc1N1CCCCC1. The van der Waals surface area contributed by atoms with Crippen LogP contribution in [0.3, 0.4) is 0 Å². The van der Waals surface area contributed by atoms with Crippen LogP contribution in [0.2, 0.25) is 5.02 Å². The van der Waals surface area contributed by atoms with Crippen molar-refractivity contribution in [3.8, 4) is 0 Å². The van der Waals surface area contributed by atoms with E-state index in [1.54, 1.807) is 30.3 Å². The van der Waals surface area contributed by atoms with Crippen molar-refractivity contribution in [2.24, 2.45) is 0 Å². The zero-order valence-corrected chi connectivity index (χ0v) is 20.7. The highest BCUT2D eigenvalue weighted by molar-refractivity contribution is 7.93. The number of nitrogens with one attached hydrogen (secondary N) is 3. The Morgan fingerprint density at radius 1 is 1.06 bits per heavy atom. The monoisotopic (exact) mass is 508 g/mol. The standard InChI is InChI=1S/C23H29ClN4O3S2/c24-17-6-8-18(9-7-17)27-33(29,30)22-15-19(10-11-21(22)28-12-2-1-3-13-28)26-23(32)25-16-20-5-4-14-31-20/h6-11,15,20,27H,1-5,12-14,16H2,(H2,25,26,32)/t20-/m0/s1. The molecule has 2 fully saturated rings. The molecule has 0 bridgehead atoms. The number of sulfonamides is 1. The maximum absolute atomic E-state index is 13.4. The molecule has 0 radical (unpaired) electrons. The number of ether oxygens (including phenoxy) is 1. The summed E-state index contributed by atoms with van der Waals surface area (Å²) in [5.74, 6) is 0. The highest BCUT2D eigenvalue weighted by Gasteiger charge is 2.24. The molecule has 0 saturated carbocycles. The normalized spacial score (nSPS) is 18.7. The third-order valence-electron chi connectivity index (χ3n) is 5.81. The molecule has 4 rings (SSSR count). The van der Waals surface area contributed by atoms with Gasteiger partial charge in [-0.2, -0.15) is 0 Å². The Hall–Kier alpha value is -2.07. The average molecular weight is 509 g/mol. The van der Waals surface area contributed by atoms with Gasteiger partial charge in [-0.05, 0) is 86.8 Å². The van der Waals surface area contributed by atoms with Crippen molar-refractivity contribution < 1.29 is 13.2 Å². The van der Waals surface area contributed by atoms with Crippen LogP contribution in [-0.4, -0.2) is 45.9 Å². The molecule has 2 saturated heterocycles. The van der Waals surface area contributed by atoms with Gasteiger partial charge < -0.3 is 20.3 Å². The number of hydrogen-bond acceptors (Lipinski definition) is 5. The van der Waals surface area contributed by atoms with Crippen LogP contribution < -0.4 is 20.3 Å². The number of rotatable bonds is 7. The van der Waals surface area contributed by atoms with Crippen molar-refractivity contribution in [3.63, 3.8) is 0 Å². The van der Waals surface area contributed by atoms with Gasteiger partial charge in [0.05, 0.1) is 11.8 Å². The number of hydrogen-bond donors (Lipinski definition) is 3. The summed E-state index contributed by atoms with van der Waals surface area (Å²) in [6.45, 7) is 3.07. The summed E-state index contributed by atoms with van der Waals surface area (Å²) < 4.78 is 35.1. The summed E-state index contributed by atoms with van der Waals surface area (Å²) in [5.41, 5.74) is 1.76. The fourth-order valence-corrected chi connectivity index (χ4v) is 5.76. The van der Waals surface area contributed by atoms with E-state index in [-0.39, 0.29) is 11.0 Å². The summed E-state index contributed by atoms with van der Waals surface area (Å²) in [4.78, 5) is 2.35. The van der Waals surface area contributed by atoms with E-state index in [2.05, 4.69) is 20.3 Å². The van der Waals surface area contributed by atoms with E-state index in [1.165, 1.54) is 0 Å². The first-order valence-electron chi connectivity index (χ1n) is 11.2. The molecule has 7 nitrogen and oxygen atoms in total. The van der Waals surface area contributed by atoms with Crippen LogP contribution in [0.5, 0.6) is 0 Å². The second-order valence-corrected chi connectivity index (χ2v) is 10.8. The molecule has 178 valence electrons. The van der Waals surface area contributed by atoms with Gasteiger partial charge in [0.2, 0.25) is 0 Å². The molecule has 2 aliphatic rings. The maximum Gasteiger partial charge on any atom is 0.264 e. The van der Waals surface area contributed by atoms with Crippen LogP contribution >= 0.6 is 23.8 Å². The number of piperidine rings is 1. The second kappa shape index (κ2) is 10.9. The predicted octanol–water partition coefficient (Wildman–Crippen LogP) is 4.60. The largest absolute Gasteiger partial charge is 0.376 e. The van der Waals surface area contributed by atoms with E-state index in [0.29, 0.717) is 33.7 Å². The number of halogens is 1. The van der Waals surface area contributed by atoms with Crippen LogP contribution in [-0.2, 0) is 14.8 Å². The zero-order valence-electron chi connectivity index (χ0n) is 18.3. The Morgan fingerprint density at radius 3 is 2.48 bits per heavy atom. The van der Waals surface area contributed by atoms with Gasteiger partial charge in [0, 0.05) is 42.6 Å². The lowest BCUT2D eigenvalue weighted by Crippen LogP contribution is -2.35. The Morgan fingerprint density at radius 2 is 1.79 bits per heavy atom. The fourth-order valence-electron chi connectivity index (χ4n) is 4.12. The van der Waals surface area contributed by atoms with E-state index in [1.807, 2.05) is 12.1 Å². The van der Waals surface area contributed by atoms with Crippen molar-refractivity contribution in [3.05, 3.63) is 47.5 Å². The van der Waals surface area contributed by atoms with Gasteiger partial charge in [-0.15, -0.1) is 0 Å². The minimum absolute atomic E-state index is 0.158. The second-order valence-electron chi connectivity index (χ2n) is 8.31.